The molecule has 0 N–H and O–H groups in total. The third-order valence-electron chi connectivity index (χ3n) is 1.28. The van der Waals surface area contributed by atoms with Crippen molar-refractivity contribution in [3.8, 4) is 5.75 Å². The van der Waals surface area contributed by atoms with Crippen molar-refractivity contribution in [3.05, 3.63) is 22.4 Å². The number of halogens is 6. The maximum Gasteiger partial charge on any atom is 0.461 e. The van der Waals surface area contributed by atoms with Gasteiger partial charge in [0.2, 0.25) is 0 Å². The number of nitrogens with zero attached hydrogens (tertiary/aromatic N) is 1. The lowest BCUT2D eigenvalue weighted by molar-refractivity contribution is -0.253. The van der Waals surface area contributed by atoms with E-state index in [0.29, 0.717) is 0 Å². The van der Waals surface area contributed by atoms with Crippen molar-refractivity contribution < 1.29 is 22.3 Å². The van der Waals surface area contributed by atoms with Crippen molar-refractivity contribution in [1.29, 1.82) is 0 Å². The molecule has 0 saturated heterocycles. The fourth-order valence-electron chi connectivity index (χ4n) is 0.661. The highest BCUT2D eigenvalue weighted by Gasteiger charge is 2.44. The summed E-state index contributed by atoms with van der Waals surface area (Å²) in [6.07, 6.45) is -7.75. The van der Waals surface area contributed by atoms with Crippen molar-refractivity contribution in [2.75, 3.05) is 0 Å². The van der Waals surface area contributed by atoms with E-state index in [4.69, 9.17) is 23.2 Å². The molecule has 0 unspecified atom stereocenters. The first kappa shape index (κ1) is 12.3. The van der Waals surface area contributed by atoms with Gasteiger partial charge < -0.3 is 4.74 Å². The lowest BCUT2D eigenvalue weighted by atomic mass is 10.4. The zero-order chi connectivity index (χ0) is 11.6. The van der Waals surface area contributed by atoms with Crippen LogP contribution in [0.15, 0.2) is 12.3 Å². The van der Waals surface area contributed by atoms with E-state index in [0.717, 1.165) is 12.3 Å². The van der Waals surface area contributed by atoms with Gasteiger partial charge in [-0.2, -0.15) is 17.6 Å². The first-order chi connectivity index (χ1) is 6.83. The van der Waals surface area contributed by atoms with Gasteiger partial charge in [-0.1, -0.05) is 23.2 Å². The number of alkyl halides is 4. The number of rotatable bonds is 3. The molecule has 0 amide bonds. The van der Waals surface area contributed by atoms with Gasteiger partial charge in [0.05, 0.1) is 11.2 Å². The normalized spacial score (nSPS) is 11.9. The molecule has 0 saturated carbocycles. The van der Waals surface area contributed by atoms with Crippen molar-refractivity contribution >= 4 is 23.2 Å². The number of pyridine rings is 1. The van der Waals surface area contributed by atoms with Gasteiger partial charge in [-0.25, -0.2) is 4.98 Å². The lowest BCUT2D eigenvalue weighted by Crippen LogP contribution is -2.33. The number of hydrogen-bond acceptors (Lipinski definition) is 2. The molecule has 1 heterocycles. The summed E-state index contributed by atoms with van der Waals surface area (Å²) in [4.78, 5) is 3.35. The monoisotopic (exact) mass is 263 g/mol. The van der Waals surface area contributed by atoms with Crippen LogP contribution in [0.1, 0.15) is 0 Å². The predicted molar refractivity (Wildman–Crippen MR) is 45.8 cm³/mol. The Bertz CT molecular complexity index is 361. The van der Waals surface area contributed by atoms with Crippen molar-refractivity contribution in [2.45, 2.75) is 12.5 Å². The molecule has 0 bridgehead atoms. The quantitative estimate of drug-likeness (QED) is 0.614. The van der Waals surface area contributed by atoms with Gasteiger partial charge in [0.15, 0.2) is 0 Å². The molecule has 1 aromatic rings. The smallest absolute Gasteiger partial charge is 0.427 e. The van der Waals surface area contributed by atoms with E-state index in [1.807, 2.05) is 0 Å². The van der Waals surface area contributed by atoms with Crippen LogP contribution in [0.2, 0.25) is 10.2 Å². The highest BCUT2D eigenvalue weighted by molar-refractivity contribution is 6.41. The van der Waals surface area contributed by atoms with Crippen LogP contribution in [0, 0.1) is 0 Å². The fourth-order valence-corrected chi connectivity index (χ4v) is 0.921. The summed E-state index contributed by atoms with van der Waals surface area (Å²) < 4.78 is 51.9. The molecule has 0 radical (unpaired) electrons. The molecule has 0 aliphatic heterocycles. The van der Waals surface area contributed by atoms with Crippen LogP contribution < -0.4 is 4.74 Å². The molecule has 0 aromatic carbocycles. The van der Waals surface area contributed by atoms with Gasteiger partial charge in [-0.05, 0) is 0 Å². The minimum atomic E-state index is -4.58. The molecule has 0 aliphatic rings. The molecule has 0 atom stereocenters. The van der Waals surface area contributed by atoms with Crippen LogP contribution in [-0.2, 0) is 0 Å². The van der Waals surface area contributed by atoms with Crippen molar-refractivity contribution in [3.63, 3.8) is 0 Å². The van der Waals surface area contributed by atoms with Crippen LogP contribution >= 0.6 is 23.2 Å². The first-order valence-corrected chi connectivity index (χ1v) is 4.24. The summed E-state index contributed by atoms with van der Waals surface area (Å²) in [6, 6.07) is 0.868. The Hall–Kier alpha value is -0.750. The van der Waals surface area contributed by atoms with Crippen LogP contribution in [-0.4, -0.2) is 17.5 Å². The van der Waals surface area contributed by atoms with E-state index in [1.54, 1.807) is 0 Å². The molecule has 15 heavy (non-hydrogen) atoms. The number of aromatic nitrogens is 1. The van der Waals surface area contributed by atoms with Gasteiger partial charge in [0, 0.05) is 6.07 Å². The van der Waals surface area contributed by atoms with E-state index < -0.39 is 18.3 Å². The van der Waals surface area contributed by atoms with E-state index in [2.05, 4.69) is 9.72 Å². The van der Waals surface area contributed by atoms with Crippen LogP contribution in [0.3, 0.4) is 0 Å². The summed E-state index contributed by atoms with van der Waals surface area (Å²) in [5.74, 6) is -0.588. The van der Waals surface area contributed by atoms with Crippen LogP contribution in [0.4, 0.5) is 17.6 Å². The molecular formula is C7H3Cl2F4NO. The molecule has 84 valence electrons. The standard InChI is InChI=1S/C7H3Cl2F4NO/c8-4-1-3(2-14-5(4)9)15-7(12,13)6(10)11/h1-2,6H. The zero-order valence-electron chi connectivity index (χ0n) is 6.86. The summed E-state index contributed by atoms with van der Waals surface area (Å²) in [6.45, 7) is 0. The minimum Gasteiger partial charge on any atom is -0.427 e. The number of hydrogen-bond donors (Lipinski definition) is 0. The van der Waals surface area contributed by atoms with Crippen LogP contribution in [0.5, 0.6) is 5.75 Å². The molecule has 2 nitrogen and oxygen atoms in total. The summed E-state index contributed by atoms with van der Waals surface area (Å²) in [7, 11) is 0. The molecule has 0 fully saturated rings. The summed E-state index contributed by atoms with van der Waals surface area (Å²) in [5.41, 5.74) is 0. The van der Waals surface area contributed by atoms with E-state index in [9.17, 15) is 17.6 Å². The summed E-state index contributed by atoms with van der Waals surface area (Å²) >= 11 is 10.8. The predicted octanol–water partition coefficient (Wildman–Crippen LogP) is 3.63. The van der Waals surface area contributed by atoms with Crippen LogP contribution in [0.25, 0.3) is 0 Å². The Kier molecular flexibility index (Phi) is 3.62. The van der Waals surface area contributed by atoms with Gasteiger partial charge >= 0.3 is 12.5 Å². The highest BCUT2D eigenvalue weighted by Crippen LogP contribution is 2.30. The average Bonchev–Trinajstić information content (AvgIpc) is 2.10. The molecule has 1 rings (SSSR count). The van der Waals surface area contributed by atoms with Gasteiger partial charge in [0.25, 0.3) is 0 Å². The second-order valence-corrected chi connectivity index (χ2v) is 3.17. The van der Waals surface area contributed by atoms with Crippen molar-refractivity contribution in [1.82, 2.24) is 4.98 Å². The lowest BCUT2D eigenvalue weighted by Gasteiger charge is -2.16. The highest BCUT2D eigenvalue weighted by atomic mass is 35.5. The summed E-state index contributed by atoms with van der Waals surface area (Å²) in [5, 5.41) is -0.302. The number of ether oxygens (including phenoxy) is 1. The maximum absolute atomic E-state index is 12.4. The Morgan fingerprint density at radius 1 is 1.33 bits per heavy atom. The molecular weight excluding hydrogens is 261 g/mol. The molecule has 8 heteroatoms. The van der Waals surface area contributed by atoms with E-state index in [-0.39, 0.29) is 10.2 Å². The fraction of sp³-hybridized carbons (Fsp3) is 0.286. The first-order valence-electron chi connectivity index (χ1n) is 3.49. The van der Waals surface area contributed by atoms with E-state index in [1.165, 1.54) is 0 Å². The Morgan fingerprint density at radius 2 is 1.93 bits per heavy atom. The molecule has 0 aliphatic carbocycles. The third-order valence-corrected chi connectivity index (χ3v) is 1.97. The second-order valence-electron chi connectivity index (χ2n) is 2.41. The Labute approximate surface area is 91.8 Å². The topological polar surface area (TPSA) is 22.1 Å². The Morgan fingerprint density at radius 3 is 2.40 bits per heavy atom. The third kappa shape index (κ3) is 3.10. The largest absolute Gasteiger partial charge is 0.461 e. The molecule has 0 spiro atoms. The average molecular weight is 264 g/mol. The molecule has 1 aromatic heterocycles. The SMILES string of the molecule is FC(F)C(F)(F)Oc1cnc(Cl)c(Cl)c1. The van der Waals surface area contributed by atoms with Crippen molar-refractivity contribution in [2.24, 2.45) is 0 Å². The van der Waals surface area contributed by atoms with Gasteiger partial charge in [0.1, 0.15) is 10.9 Å². The Balaban J connectivity index is 2.86. The van der Waals surface area contributed by atoms with E-state index >= 15 is 0 Å². The minimum absolute atomic E-state index is 0.135. The second kappa shape index (κ2) is 4.40. The van der Waals surface area contributed by atoms with Gasteiger partial charge in [-0.3, -0.25) is 0 Å². The zero-order valence-corrected chi connectivity index (χ0v) is 8.37. The maximum atomic E-state index is 12.4. The van der Waals surface area contributed by atoms with Gasteiger partial charge in [-0.15, -0.1) is 0 Å².